The van der Waals surface area contributed by atoms with Crippen LogP contribution in [0.15, 0.2) is 30.5 Å². The summed E-state index contributed by atoms with van der Waals surface area (Å²) in [5.74, 6) is 0. The molecule has 2 N–H and O–H groups in total. The average Bonchev–Trinajstić information content (AvgIpc) is 2.77. The first-order valence-corrected chi connectivity index (χ1v) is 6.25. The molecule has 0 saturated heterocycles. The van der Waals surface area contributed by atoms with Gasteiger partial charge in [-0.2, -0.15) is 0 Å². The number of aliphatic hydroxyl groups is 1. The van der Waals surface area contributed by atoms with Crippen molar-refractivity contribution in [1.82, 2.24) is 9.88 Å². The van der Waals surface area contributed by atoms with Crippen LogP contribution in [0.3, 0.4) is 0 Å². The normalized spacial score (nSPS) is 11.2. The van der Waals surface area contributed by atoms with Crippen molar-refractivity contribution in [2.75, 3.05) is 13.2 Å². The van der Waals surface area contributed by atoms with Gasteiger partial charge >= 0.3 is 0 Å². The maximum Gasteiger partial charge on any atom is 0.0525 e. The number of hydrogen-bond donors (Lipinski definition) is 2. The number of para-hydroxylation sites is 1. The van der Waals surface area contributed by atoms with Gasteiger partial charge in [-0.3, -0.25) is 0 Å². The number of aliphatic hydroxyl groups excluding tert-OH is 1. The molecule has 0 atom stereocenters. The second-order valence-electron chi connectivity index (χ2n) is 4.22. The summed E-state index contributed by atoms with van der Waals surface area (Å²) in [6, 6.07) is 8.55. The maximum atomic E-state index is 8.92. The highest BCUT2D eigenvalue weighted by atomic mass is 16.3. The highest BCUT2D eigenvalue weighted by molar-refractivity contribution is 5.83. The zero-order chi connectivity index (χ0) is 12.1. The molecule has 0 fully saturated rings. The Labute approximate surface area is 102 Å². The summed E-state index contributed by atoms with van der Waals surface area (Å²) in [5, 5.41) is 13.6. The molecular formula is C14H20N2O. The molecule has 0 radical (unpaired) electrons. The van der Waals surface area contributed by atoms with Crippen molar-refractivity contribution in [2.45, 2.75) is 26.4 Å². The van der Waals surface area contributed by atoms with Crippen molar-refractivity contribution in [2.24, 2.45) is 0 Å². The second-order valence-corrected chi connectivity index (χ2v) is 4.22. The number of aryl methyl sites for hydroxylation is 1. The Morgan fingerprint density at radius 2 is 2.18 bits per heavy atom. The molecule has 0 aliphatic carbocycles. The minimum atomic E-state index is 0.245. The lowest BCUT2D eigenvalue weighted by molar-refractivity contribution is 0.280. The van der Waals surface area contributed by atoms with E-state index in [1.165, 1.54) is 16.5 Å². The first-order valence-electron chi connectivity index (χ1n) is 6.25. The topological polar surface area (TPSA) is 37.2 Å². The Morgan fingerprint density at radius 3 is 2.94 bits per heavy atom. The van der Waals surface area contributed by atoms with Crippen molar-refractivity contribution in [3.63, 3.8) is 0 Å². The fraction of sp³-hybridized carbons (Fsp3) is 0.429. The largest absolute Gasteiger partial charge is 0.396 e. The van der Waals surface area contributed by atoms with E-state index in [-0.39, 0.29) is 6.61 Å². The van der Waals surface area contributed by atoms with Gasteiger partial charge in [0.2, 0.25) is 0 Å². The van der Waals surface area contributed by atoms with Crippen molar-refractivity contribution in [3.05, 3.63) is 36.0 Å². The third kappa shape index (κ3) is 2.68. The van der Waals surface area contributed by atoms with E-state index in [0.717, 1.165) is 26.1 Å². The monoisotopic (exact) mass is 232 g/mol. The molecule has 0 amide bonds. The van der Waals surface area contributed by atoms with Gasteiger partial charge in [-0.25, -0.2) is 0 Å². The van der Waals surface area contributed by atoms with E-state index in [1.54, 1.807) is 0 Å². The molecule has 3 nitrogen and oxygen atoms in total. The Morgan fingerprint density at radius 1 is 1.29 bits per heavy atom. The summed E-state index contributed by atoms with van der Waals surface area (Å²) in [4.78, 5) is 0. The van der Waals surface area contributed by atoms with Gasteiger partial charge in [0, 0.05) is 25.9 Å². The van der Waals surface area contributed by atoms with Crippen LogP contribution in [0.5, 0.6) is 0 Å². The standard InChI is InChI=1S/C14H20N2O/c1-2-15-11-13-6-3-5-12-7-9-16(14(12)13)8-4-10-17/h3,5-7,9,15,17H,2,4,8,10-11H2,1H3. The fourth-order valence-electron chi connectivity index (χ4n) is 2.17. The predicted octanol–water partition coefficient (Wildman–Crippen LogP) is 2.13. The summed E-state index contributed by atoms with van der Waals surface area (Å²) in [6.45, 7) is 5.12. The second kappa shape index (κ2) is 5.84. The Balaban J connectivity index is 2.33. The van der Waals surface area contributed by atoms with Gasteiger partial charge in [0.15, 0.2) is 0 Å². The van der Waals surface area contributed by atoms with Crippen molar-refractivity contribution in [1.29, 1.82) is 0 Å². The van der Waals surface area contributed by atoms with Crippen LogP contribution < -0.4 is 5.32 Å². The van der Waals surface area contributed by atoms with E-state index in [4.69, 9.17) is 5.11 Å². The molecular weight excluding hydrogens is 212 g/mol. The van der Waals surface area contributed by atoms with Crippen LogP contribution in [-0.4, -0.2) is 22.8 Å². The SMILES string of the molecule is CCNCc1cccc2ccn(CCCO)c12. The van der Waals surface area contributed by atoms with Gasteiger partial charge in [-0.1, -0.05) is 25.1 Å². The van der Waals surface area contributed by atoms with Gasteiger partial charge in [-0.15, -0.1) is 0 Å². The van der Waals surface area contributed by atoms with E-state index >= 15 is 0 Å². The molecule has 0 aliphatic heterocycles. The minimum absolute atomic E-state index is 0.245. The maximum absolute atomic E-state index is 8.92. The Kier molecular flexibility index (Phi) is 4.18. The van der Waals surface area contributed by atoms with E-state index in [2.05, 4.69) is 47.3 Å². The summed E-state index contributed by atoms with van der Waals surface area (Å²) >= 11 is 0. The van der Waals surface area contributed by atoms with Gasteiger partial charge in [0.05, 0.1) is 5.52 Å². The third-order valence-electron chi connectivity index (χ3n) is 2.99. The van der Waals surface area contributed by atoms with Crippen LogP contribution in [0, 0.1) is 0 Å². The highest BCUT2D eigenvalue weighted by Crippen LogP contribution is 2.20. The number of benzene rings is 1. The van der Waals surface area contributed by atoms with Crippen LogP contribution in [0.2, 0.25) is 0 Å². The lowest BCUT2D eigenvalue weighted by Gasteiger charge is -2.09. The molecule has 1 aromatic carbocycles. The van der Waals surface area contributed by atoms with Gasteiger partial charge in [0.1, 0.15) is 0 Å². The van der Waals surface area contributed by atoms with Crippen LogP contribution in [-0.2, 0) is 13.1 Å². The van der Waals surface area contributed by atoms with Crippen LogP contribution in [0.1, 0.15) is 18.9 Å². The van der Waals surface area contributed by atoms with E-state index in [9.17, 15) is 0 Å². The molecule has 0 saturated carbocycles. The van der Waals surface area contributed by atoms with Crippen LogP contribution in [0.25, 0.3) is 10.9 Å². The third-order valence-corrected chi connectivity index (χ3v) is 2.99. The lowest BCUT2D eigenvalue weighted by atomic mass is 10.1. The first-order chi connectivity index (χ1) is 8.36. The number of aromatic nitrogens is 1. The van der Waals surface area contributed by atoms with E-state index in [1.807, 2.05) is 0 Å². The Bertz CT molecular complexity index is 476. The lowest BCUT2D eigenvalue weighted by Crippen LogP contribution is -2.13. The van der Waals surface area contributed by atoms with Crippen molar-refractivity contribution < 1.29 is 5.11 Å². The molecule has 2 rings (SSSR count). The molecule has 1 aromatic heterocycles. The molecule has 3 heteroatoms. The number of fused-ring (bicyclic) bond motifs is 1. The summed E-state index contributed by atoms with van der Waals surface area (Å²) < 4.78 is 2.23. The van der Waals surface area contributed by atoms with E-state index < -0.39 is 0 Å². The van der Waals surface area contributed by atoms with Gasteiger partial charge < -0.3 is 15.0 Å². The zero-order valence-electron chi connectivity index (χ0n) is 10.3. The smallest absolute Gasteiger partial charge is 0.0525 e. The van der Waals surface area contributed by atoms with Gasteiger partial charge in [0.25, 0.3) is 0 Å². The Hall–Kier alpha value is -1.32. The van der Waals surface area contributed by atoms with Crippen molar-refractivity contribution in [3.8, 4) is 0 Å². The van der Waals surface area contributed by atoms with Crippen LogP contribution in [0.4, 0.5) is 0 Å². The summed E-state index contributed by atoms with van der Waals surface area (Å²) in [6.07, 6.45) is 2.91. The molecule has 0 bridgehead atoms. The molecule has 2 aromatic rings. The average molecular weight is 232 g/mol. The quantitative estimate of drug-likeness (QED) is 0.800. The summed E-state index contributed by atoms with van der Waals surface area (Å²) in [7, 11) is 0. The molecule has 1 heterocycles. The van der Waals surface area contributed by atoms with Crippen LogP contribution >= 0.6 is 0 Å². The summed E-state index contributed by atoms with van der Waals surface area (Å²) in [5.41, 5.74) is 2.62. The van der Waals surface area contributed by atoms with Crippen molar-refractivity contribution >= 4 is 10.9 Å². The predicted molar refractivity (Wildman–Crippen MR) is 71.0 cm³/mol. The fourth-order valence-corrected chi connectivity index (χ4v) is 2.17. The molecule has 0 aliphatic rings. The molecule has 0 unspecified atom stereocenters. The highest BCUT2D eigenvalue weighted by Gasteiger charge is 2.05. The number of nitrogens with one attached hydrogen (secondary N) is 1. The number of nitrogens with zero attached hydrogens (tertiary/aromatic N) is 1. The molecule has 17 heavy (non-hydrogen) atoms. The van der Waals surface area contributed by atoms with E-state index in [0.29, 0.717) is 0 Å². The first kappa shape index (κ1) is 12.1. The van der Waals surface area contributed by atoms with Gasteiger partial charge in [-0.05, 0) is 30.0 Å². The number of rotatable bonds is 6. The molecule has 92 valence electrons. The minimum Gasteiger partial charge on any atom is -0.396 e. The number of hydrogen-bond acceptors (Lipinski definition) is 2. The molecule has 0 spiro atoms. The zero-order valence-corrected chi connectivity index (χ0v) is 10.3.